The van der Waals surface area contributed by atoms with Gasteiger partial charge in [0.2, 0.25) is 0 Å². The van der Waals surface area contributed by atoms with E-state index in [1.165, 1.54) is 5.56 Å². The summed E-state index contributed by atoms with van der Waals surface area (Å²) in [5.41, 5.74) is 3.42. The predicted molar refractivity (Wildman–Crippen MR) is 72.8 cm³/mol. The molecule has 0 bridgehead atoms. The zero-order valence-corrected chi connectivity index (χ0v) is 11.4. The predicted octanol–water partition coefficient (Wildman–Crippen LogP) is 2.38. The molecule has 0 unspecified atom stereocenters. The number of aryl methyl sites for hydroxylation is 1. The lowest BCUT2D eigenvalue weighted by Gasteiger charge is -2.10. The van der Waals surface area contributed by atoms with Crippen molar-refractivity contribution in [2.75, 3.05) is 0 Å². The standard InChI is InChI=1S/C14H20N4/c1-10(2)16-8-13-5-6-15-14(7-13)18-9-17-11(3)12(18)4/h5-7,9-10,16H,8H2,1-4H3. The van der Waals surface area contributed by atoms with Crippen LogP contribution in [-0.4, -0.2) is 20.6 Å². The summed E-state index contributed by atoms with van der Waals surface area (Å²) in [6.07, 6.45) is 3.67. The fourth-order valence-electron chi connectivity index (χ4n) is 1.75. The summed E-state index contributed by atoms with van der Waals surface area (Å²) in [5, 5.41) is 3.41. The second-order valence-electron chi connectivity index (χ2n) is 4.84. The first-order chi connectivity index (χ1) is 8.58. The second-order valence-corrected chi connectivity index (χ2v) is 4.84. The summed E-state index contributed by atoms with van der Waals surface area (Å²) in [6.45, 7) is 9.22. The third kappa shape index (κ3) is 2.76. The van der Waals surface area contributed by atoms with Crippen molar-refractivity contribution < 1.29 is 0 Å². The fourth-order valence-corrected chi connectivity index (χ4v) is 1.75. The molecule has 0 aliphatic rings. The number of hydrogen-bond donors (Lipinski definition) is 1. The number of imidazole rings is 1. The first-order valence-electron chi connectivity index (χ1n) is 6.27. The third-order valence-electron chi connectivity index (χ3n) is 3.02. The van der Waals surface area contributed by atoms with Crippen molar-refractivity contribution in [2.24, 2.45) is 0 Å². The van der Waals surface area contributed by atoms with Gasteiger partial charge in [-0.05, 0) is 31.5 Å². The van der Waals surface area contributed by atoms with Crippen LogP contribution in [0.4, 0.5) is 0 Å². The number of aromatic nitrogens is 3. The lowest BCUT2D eigenvalue weighted by molar-refractivity contribution is 0.588. The summed E-state index contributed by atoms with van der Waals surface area (Å²) in [6, 6.07) is 4.63. The molecule has 0 radical (unpaired) electrons. The summed E-state index contributed by atoms with van der Waals surface area (Å²) in [5.74, 6) is 0.927. The number of pyridine rings is 1. The Balaban J connectivity index is 2.24. The highest BCUT2D eigenvalue weighted by molar-refractivity contribution is 5.31. The minimum atomic E-state index is 0.485. The van der Waals surface area contributed by atoms with Gasteiger partial charge in [-0.1, -0.05) is 13.8 Å². The molecular weight excluding hydrogens is 224 g/mol. The van der Waals surface area contributed by atoms with E-state index in [2.05, 4.69) is 42.1 Å². The monoisotopic (exact) mass is 244 g/mol. The van der Waals surface area contributed by atoms with E-state index in [1.54, 1.807) is 0 Å². The molecule has 4 nitrogen and oxygen atoms in total. The van der Waals surface area contributed by atoms with Crippen LogP contribution in [0, 0.1) is 13.8 Å². The molecule has 0 aromatic carbocycles. The zero-order chi connectivity index (χ0) is 13.1. The molecule has 2 aromatic rings. The average Bonchev–Trinajstić information content (AvgIpc) is 2.68. The molecule has 0 saturated heterocycles. The normalized spacial score (nSPS) is 11.2. The molecule has 0 aliphatic carbocycles. The zero-order valence-electron chi connectivity index (χ0n) is 11.4. The number of rotatable bonds is 4. The highest BCUT2D eigenvalue weighted by Crippen LogP contribution is 2.12. The van der Waals surface area contributed by atoms with Crippen LogP contribution >= 0.6 is 0 Å². The largest absolute Gasteiger partial charge is 0.310 e. The molecule has 0 amide bonds. The van der Waals surface area contributed by atoms with E-state index in [9.17, 15) is 0 Å². The van der Waals surface area contributed by atoms with Crippen molar-refractivity contribution in [3.05, 3.63) is 41.6 Å². The summed E-state index contributed by atoms with van der Waals surface area (Å²) < 4.78 is 2.02. The van der Waals surface area contributed by atoms with Crippen molar-refractivity contribution >= 4 is 0 Å². The molecule has 2 rings (SSSR count). The van der Waals surface area contributed by atoms with E-state index in [4.69, 9.17) is 0 Å². The Morgan fingerprint density at radius 3 is 2.67 bits per heavy atom. The molecule has 0 fully saturated rings. The molecule has 2 aromatic heterocycles. The molecule has 18 heavy (non-hydrogen) atoms. The molecule has 0 saturated carbocycles. The van der Waals surface area contributed by atoms with Crippen LogP contribution in [0.5, 0.6) is 0 Å². The van der Waals surface area contributed by atoms with E-state index in [-0.39, 0.29) is 0 Å². The van der Waals surface area contributed by atoms with E-state index in [0.29, 0.717) is 6.04 Å². The lowest BCUT2D eigenvalue weighted by Crippen LogP contribution is -2.21. The molecule has 1 N–H and O–H groups in total. The van der Waals surface area contributed by atoms with E-state index >= 15 is 0 Å². The Labute approximate surface area is 108 Å². The lowest BCUT2D eigenvalue weighted by atomic mass is 10.2. The Kier molecular flexibility index (Phi) is 3.77. The van der Waals surface area contributed by atoms with Gasteiger partial charge in [0.1, 0.15) is 12.1 Å². The van der Waals surface area contributed by atoms with Crippen LogP contribution in [-0.2, 0) is 6.54 Å². The minimum Gasteiger partial charge on any atom is -0.310 e. The van der Waals surface area contributed by atoms with E-state index in [1.807, 2.05) is 30.1 Å². The van der Waals surface area contributed by atoms with Crippen LogP contribution < -0.4 is 5.32 Å². The highest BCUT2D eigenvalue weighted by Gasteiger charge is 2.06. The van der Waals surface area contributed by atoms with Crippen molar-refractivity contribution in [1.29, 1.82) is 0 Å². The summed E-state index contributed by atoms with van der Waals surface area (Å²) >= 11 is 0. The van der Waals surface area contributed by atoms with Gasteiger partial charge in [0.25, 0.3) is 0 Å². The van der Waals surface area contributed by atoms with Gasteiger partial charge in [-0.15, -0.1) is 0 Å². The molecule has 4 heteroatoms. The van der Waals surface area contributed by atoms with Gasteiger partial charge in [0, 0.05) is 24.5 Å². The van der Waals surface area contributed by atoms with E-state index in [0.717, 1.165) is 23.8 Å². The average molecular weight is 244 g/mol. The maximum absolute atomic E-state index is 4.41. The minimum absolute atomic E-state index is 0.485. The topological polar surface area (TPSA) is 42.7 Å². The van der Waals surface area contributed by atoms with Gasteiger partial charge in [0.15, 0.2) is 0 Å². The quantitative estimate of drug-likeness (QED) is 0.898. The smallest absolute Gasteiger partial charge is 0.138 e. The molecule has 0 aliphatic heterocycles. The first-order valence-corrected chi connectivity index (χ1v) is 6.27. The van der Waals surface area contributed by atoms with Crippen LogP contribution in [0.2, 0.25) is 0 Å². The molecule has 96 valence electrons. The first kappa shape index (κ1) is 12.8. The Morgan fingerprint density at radius 1 is 1.28 bits per heavy atom. The number of nitrogens with one attached hydrogen (secondary N) is 1. The summed E-state index contributed by atoms with van der Waals surface area (Å²) in [4.78, 5) is 8.71. The Morgan fingerprint density at radius 2 is 2.06 bits per heavy atom. The van der Waals surface area contributed by atoms with Gasteiger partial charge in [-0.2, -0.15) is 0 Å². The van der Waals surface area contributed by atoms with Crippen molar-refractivity contribution in [2.45, 2.75) is 40.3 Å². The number of nitrogens with zero attached hydrogens (tertiary/aromatic N) is 3. The van der Waals surface area contributed by atoms with Crippen LogP contribution in [0.25, 0.3) is 5.82 Å². The van der Waals surface area contributed by atoms with Crippen molar-refractivity contribution in [3.63, 3.8) is 0 Å². The molecule has 2 heterocycles. The Bertz CT molecular complexity index is 528. The van der Waals surface area contributed by atoms with Gasteiger partial charge in [-0.25, -0.2) is 9.97 Å². The third-order valence-corrected chi connectivity index (χ3v) is 3.02. The highest BCUT2D eigenvalue weighted by atomic mass is 15.1. The summed E-state index contributed by atoms with van der Waals surface area (Å²) in [7, 11) is 0. The molecule has 0 spiro atoms. The fraction of sp³-hybridized carbons (Fsp3) is 0.429. The van der Waals surface area contributed by atoms with E-state index < -0.39 is 0 Å². The van der Waals surface area contributed by atoms with Gasteiger partial charge < -0.3 is 5.32 Å². The SMILES string of the molecule is Cc1ncn(-c2cc(CNC(C)C)ccn2)c1C. The van der Waals surface area contributed by atoms with Gasteiger partial charge >= 0.3 is 0 Å². The second kappa shape index (κ2) is 5.31. The maximum atomic E-state index is 4.41. The number of hydrogen-bond acceptors (Lipinski definition) is 3. The van der Waals surface area contributed by atoms with Crippen LogP contribution in [0.3, 0.4) is 0 Å². The van der Waals surface area contributed by atoms with Crippen LogP contribution in [0.15, 0.2) is 24.7 Å². The van der Waals surface area contributed by atoms with Gasteiger partial charge in [-0.3, -0.25) is 4.57 Å². The van der Waals surface area contributed by atoms with Crippen molar-refractivity contribution in [1.82, 2.24) is 19.9 Å². The van der Waals surface area contributed by atoms with Crippen molar-refractivity contribution in [3.8, 4) is 5.82 Å². The maximum Gasteiger partial charge on any atom is 0.138 e. The molecule has 0 atom stereocenters. The van der Waals surface area contributed by atoms with Crippen LogP contribution in [0.1, 0.15) is 30.8 Å². The Hall–Kier alpha value is -1.68. The molecular formula is C14H20N4. The van der Waals surface area contributed by atoms with Gasteiger partial charge in [0.05, 0.1) is 5.69 Å².